The number of fused-ring (bicyclic) bond motifs is 4. The summed E-state index contributed by atoms with van der Waals surface area (Å²) in [4.78, 5) is 12.6. The van der Waals surface area contributed by atoms with Gasteiger partial charge in [-0.1, -0.05) is 0 Å². The van der Waals surface area contributed by atoms with Crippen LogP contribution in [-0.4, -0.2) is 17.7 Å². The van der Waals surface area contributed by atoms with Crippen LogP contribution in [0.25, 0.3) is 11.3 Å². The fraction of sp³-hybridized carbons (Fsp3) is 0.400. The molecule has 0 radical (unpaired) electrons. The Morgan fingerprint density at radius 1 is 1.26 bits per heavy atom. The second-order valence-corrected chi connectivity index (χ2v) is 5.62. The number of pyridine rings is 1. The second kappa shape index (κ2) is 4.10. The lowest BCUT2D eigenvalue weighted by atomic mass is 9.84. The van der Waals surface area contributed by atoms with Gasteiger partial charge in [-0.05, 0) is 30.7 Å². The number of quaternary nitrogens is 1. The summed E-state index contributed by atoms with van der Waals surface area (Å²) >= 11 is 0. The molecule has 2 bridgehead atoms. The molecular weight excluding hydrogens is 240 g/mol. The molecule has 2 N–H and O–H groups in total. The Hall–Kier alpha value is -1.81. The van der Waals surface area contributed by atoms with Gasteiger partial charge in [0, 0.05) is 24.1 Å². The Labute approximate surface area is 111 Å². The van der Waals surface area contributed by atoms with Crippen molar-refractivity contribution < 1.29 is 9.73 Å². The van der Waals surface area contributed by atoms with Gasteiger partial charge in [-0.2, -0.15) is 0 Å². The lowest BCUT2D eigenvalue weighted by Crippen LogP contribution is -2.89. The minimum absolute atomic E-state index is 0.101. The number of piperidine rings is 1. The number of furan rings is 1. The van der Waals surface area contributed by atoms with E-state index in [0.29, 0.717) is 23.2 Å². The highest BCUT2D eigenvalue weighted by molar-refractivity contribution is 5.56. The lowest BCUT2D eigenvalue weighted by molar-refractivity contribution is -0.673. The summed E-state index contributed by atoms with van der Waals surface area (Å²) in [6, 6.07) is 7.70. The first-order valence-corrected chi connectivity index (χ1v) is 6.92. The monoisotopic (exact) mass is 257 g/mol. The van der Waals surface area contributed by atoms with E-state index in [4.69, 9.17) is 4.42 Å². The molecule has 1 fully saturated rings. The van der Waals surface area contributed by atoms with E-state index in [0.717, 1.165) is 19.6 Å². The zero-order valence-corrected chi connectivity index (χ0v) is 10.7. The average molecular weight is 257 g/mol. The number of aromatic nitrogens is 1. The van der Waals surface area contributed by atoms with Crippen LogP contribution < -0.4 is 10.9 Å². The highest BCUT2D eigenvalue weighted by Crippen LogP contribution is 2.30. The molecular formula is C15H17N2O2+. The quantitative estimate of drug-likeness (QED) is 0.821. The zero-order valence-electron chi connectivity index (χ0n) is 10.7. The number of hydrogen-bond acceptors (Lipinski definition) is 2. The summed E-state index contributed by atoms with van der Waals surface area (Å²) in [5, 5.41) is 2.38. The van der Waals surface area contributed by atoms with Crippen molar-refractivity contribution in [2.24, 2.45) is 5.92 Å². The van der Waals surface area contributed by atoms with Crippen molar-refractivity contribution in [3.8, 4) is 11.3 Å². The van der Waals surface area contributed by atoms with Crippen molar-refractivity contribution in [2.75, 3.05) is 13.1 Å². The first-order chi connectivity index (χ1) is 9.33. The van der Waals surface area contributed by atoms with Gasteiger partial charge in [0.1, 0.15) is 5.76 Å². The SMILES string of the molecule is O=c1c(-c2ccco2)ccc2n1C[C@@H]1C[NH2+]C[C@H]2C1. The van der Waals surface area contributed by atoms with Crippen molar-refractivity contribution in [2.45, 2.75) is 18.9 Å². The van der Waals surface area contributed by atoms with Gasteiger partial charge in [0.05, 0.1) is 24.9 Å². The third-order valence-electron chi connectivity index (χ3n) is 4.42. The number of hydrogen-bond donors (Lipinski definition) is 1. The first-order valence-electron chi connectivity index (χ1n) is 6.92. The van der Waals surface area contributed by atoms with Crippen LogP contribution in [0.1, 0.15) is 18.0 Å². The molecule has 2 aromatic rings. The van der Waals surface area contributed by atoms with Crippen LogP contribution in [0.5, 0.6) is 0 Å². The molecule has 0 spiro atoms. The van der Waals surface area contributed by atoms with Crippen LogP contribution >= 0.6 is 0 Å². The molecule has 2 aromatic heterocycles. The highest BCUT2D eigenvalue weighted by atomic mass is 16.3. The molecule has 0 saturated carbocycles. The summed E-state index contributed by atoms with van der Waals surface area (Å²) in [5.74, 6) is 1.84. The third kappa shape index (κ3) is 1.67. The van der Waals surface area contributed by atoms with Gasteiger partial charge in [-0.15, -0.1) is 0 Å². The number of nitrogens with two attached hydrogens (primary N) is 1. The van der Waals surface area contributed by atoms with E-state index >= 15 is 0 Å². The fourth-order valence-electron chi connectivity index (χ4n) is 3.53. The van der Waals surface area contributed by atoms with E-state index in [-0.39, 0.29) is 5.56 Å². The third-order valence-corrected chi connectivity index (χ3v) is 4.42. The molecule has 0 amide bonds. The van der Waals surface area contributed by atoms with Gasteiger partial charge < -0.3 is 14.3 Å². The van der Waals surface area contributed by atoms with E-state index in [9.17, 15) is 4.79 Å². The molecule has 4 rings (SSSR count). The van der Waals surface area contributed by atoms with Gasteiger partial charge in [-0.3, -0.25) is 4.79 Å². The minimum Gasteiger partial charge on any atom is -0.464 e. The number of nitrogens with zero attached hydrogens (tertiary/aromatic N) is 1. The summed E-state index contributed by atoms with van der Waals surface area (Å²) < 4.78 is 7.34. The Kier molecular flexibility index (Phi) is 2.38. The molecule has 4 heterocycles. The molecule has 4 nitrogen and oxygen atoms in total. The lowest BCUT2D eigenvalue weighted by Gasteiger charge is -2.35. The fourth-order valence-corrected chi connectivity index (χ4v) is 3.53. The molecule has 2 aliphatic rings. The standard InChI is InChI=1S/C15H16N2O2/c18-15-12(14-2-1-5-19-14)3-4-13-11-6-10(7-16-8-11)9-17(13)15/h1-5,10-11,16H,6-9H2/p+1/t10-,11+/m0/s1. The van der Waals surface area contributed by atoms with Gasteiger partial charge >= 0.3 is 0 Å². The van der Waals surface area contributed by atoms with Crippen LogP contribution in [-0.2, 0) is 6.54 Å². The Morgan fingerprint density at radius 3 is 3.05 bits per heavy atom. The molecule has 4 heteroatoms. The molecule has 0 unspecified atom stereocenters. The van der Waals surface area contributed by atoms with Gasteiger partial charge in [0.2, 0.25) is 0 Å². The minimum atomic E-state index is 0.101. The van der Waals surface area contributed by atoms with Gasteiger partial charge in [0.15, 0.2) is 0 Å². The molecule has 19 heavy (non-hydrogen) atoms. The topological polar surface area (TPSA) is 51.8 Å². The zero-order chi connectivity index (χ0) is 12.8. The van der Waals surface area contributed by atoms with Crippen LogP contribution in [0.15, 0.2) is 39.7 Å². The van der Waals surface area contributed by atoms with Crippen LogP contribution in [0.3, 0.4) is 0 Å². The molecule has 0 aromatic carbocycles. The smallest absolute Gasteiger partial charge is 0.261 e. The predicted octanol–water partition coefficient (Wildman–Crippen LogP) is 0.789. The van der Waals surface area contributed by atoms with Crippen molar-refractivity contribution in [1.29, 1.82) is 0 Å². The van der Waals surface area contributed by atoms with Crippen molar-refractivity contribution in [3.05, 3.63) is 46.6 Å². The largest absolute Gasteiger partial charge is 0.464 e. The van der Waals surface area contributed by atoms with Crippen LogP contribution in [0, 0.1) is 5.92 Å². The summed E-state index contributed by atoms with van der Waals surface area (Å²) in [6.07, 6.45) is 2.85. The summed E-state index contributed by atoms with van der Waals surface area (Å²) in [6.45, 7) is 3.11. The van der Waals surface area contributed by atoms with E-state index < -0.39 is 0 Å². The molecule has 0 aliphatic carbocycles. The molecule has 1 saturated heterocycles. The van der Waals surface area contributed by atoms with Gasteiger partial charge in [0.25, 0.3) is 5.56 Å². The maximum absolute atomic E-state index is 12.6. The van der Waals surface area contributed by atoms with Crippen LogP contribution in [0.4, 0.5) is 0 Å². The van der Waals surface area contributed by atoms with E-state index in [2.05, 4.69) is 11.4 Å². The maximum Gasteiger partial charge on any atom is 0.261 e. The average Bonchev–Trinajstić information content (AvgIpc) is 2.94. The summed E-state index contributed by atoms with van der Waals surface area (Å²) in [7, 11) is 0. The second-order valence-electron chi connectivity index (χ2n) is 5.62. The van der Waals surface area contributed by atoms with Gasteiger partial charge in [-0.25, -0.2) is 0 Å². The van der Waals surface area contributed by atoms with Crippen molar-refractivity contribution >= 4 is 0 Å². The van der Waals surface area contributed by atoms with E-state index in [1.807, 2.05) is 22.8 Å². The Morgan fingerprint density at radius 2 is 2.21 bits per heavy atom. The highest BCUT2D eigenvalue weighted by Gasteiger charge is 2.33. The van der Waals surface area contributed by atoms with Crippen molar-refractivity contribution in [1.82, 2.24) is 4.57 Å². The Bertz CT molecular complexity index is 657. The molecule has 98 valence electrons. The normalized spacial score (nSPS) is 25.1. The maximum atomic E-state index is 12.6. The van der Waals surface area contributed by atoms with Crippen LogP contribution in [0.2, 0.25) is 0 Å². The summed E-state index contributed by atoms with van der Waals surface area (Å²) in [5.41, 5.74) is 1.98. The predicted molar refractivity (Wildman–Crippen MR) is 70.9 cm³/mol. The Balaban J connectivity index is 1.88. The molecule has 2 aliphatic heterocycles. The van der Waals surface area contributed by atoms with E-state index in [1.165, 1.54) is 12.1 Å². The van der Waals surface area contributed by atoms with E-state index in [1.54, 1.807) is 6.26 Å². The number of rotatable bonds is 1. The van der Waals surface area contributed by atoms with Crippen molar-refractivity contribution in [3.63, 3.8) is 0 Å². The molecule has 2 atom stereocenters. The first kappa shape index (κ1) is 11.1.